The molecule has 2 unspecified atom stereocenters. The zero-order valence-corrected chi connectivity index (χ0v) is 48.5. The van der Waals surface area contributed by atoms with Crippen molar-refractivity contribution in [1.29, 1.82) is 0 Å². The first-order valence-electron chi connectivity index (χ1n) is 29.6. The van der Waals surface area contributed by atoms with Crippen molar-refractivity contribution in [2.45, 2.75) is 104 Å². The van der Waals surface area contributed by atoms with E-state index in [4.69, 9.17) is 0 Å². The lowest BCUT2D eigenvalue weighted by Crippen LogP contribution is -2.61. The number of fused-ring (bicyclic) bond motifs is 10. The Labute approximate surface area is 480 Å². The molecule has 0 radical (unpaired) electrons. The van der Waals surface area contributed by atoms with Crippen LogP contribution in [-0.2, 0) is 35.6 Å². The fourth-order valence-electron chi connectivity index (χ4n) is 15.7. The molecule has 0 fully saturated rings. The molecule has 5 aliphatic rings. The van der Waals surface area contributed by atoms with E-state index in [1.165, 1.54) is 134 Å². The van der Waals surface area contributed by atoms with Crippen LogP contribution in [-0.4, -0.2) is 6.71 Å². The molecule has 0 N–H and O–H groups in total. The second kappa shape index (κ2) is 17.8. The van der Waals surface area contributed by atoms with Gasteiger partial charge in [-0.3, -0.25) is 0 Å². The molecule has 2 atom stereocenters. The van der Waals surface area contributed by atoms with E-state index in [-0.39, 0.29) is 23.0 Å². The molecule has 0 saturated heterocycles. The van der Waals surface area contributed by atoms with Gasteiger partial charge in [-0.05, 0) is 189 Å². The first-order chi connectivity index (χ1) is 39.1. The summed E-state index contributed by atoms with van der Waals surface area (Å²) in [6.45, 7) is 21.7. The van der Waals surface area contributed by atoms with Crippen molar-refractivity contribution in [3.63, 3.8) is 0 Å². The third kappa shape index (κ3) is 7.48. The summed E-state index contributed by atoms with van der Waals surface area (Å²) in [5.74, 6) is 0. The fraction of sp³-hybridized carbons (Fsp3) is 0.221. The third-order valence-corrected chi connectivity index (χ3v) is 19.7. The van der Waals surface area contributed by atoms with E-state index in [0.29, 0.717) is 0 Å². The number of benzene rings is 10. The maximum absolute atomic E-state index is 2.83. The fourth-order valence-corrected chi connectivity index (χ4v) is 15.7. The van der Waals surface area contributed by atoms with Crippen LogP contribution < -0.4 is 31.1 Å². The van der Waals surface area contributed by atoms with Crippen molar-refractivity contribution < 1.29 is 0 Å². The SMILES string of the molecule is Cc1cc(C)c2c(c1)C1(C)CCc3ccccc3C1(C)N2c1cc2c3c(c1)N(c1ccc(C(C)(C)C)cc1-c1ccccc1)c1cc4c(cc1B3c1ccc(-c3ccccc3)cc1N2c1cccc(-c2ccccc2)c1)CC(C)(C)C4. The molecular formula is C77H70BN3. The number of nitrogens with zero attached hydrogens (tertiary/aromatic N) is 3. The van der Waals surface area contributed by atoms with E-state index in [9.17, 15) is 0 Å². The molecule has 2 aliphatic carbocycles. The predicted octanol–water partition coefficient (Wildman–Crippen LogP) is 18.1. The molecule has 15 rings (SSSR count). The van der Waals surface area contributed by atoms with Gasteiger partial charge >= 0.3 is 0 Å². The van der Waals surface area contributed by atoms with Crippen molar-refractivity contribution in [2.24, 2.45) is 5.41 Å². The monoisotopic (exact) mass is 1050 g/mol. The van der Waals surface area contributed by atoms with Crippen LogP contribution in [0.1, 0.15) is 99.4 Å². The van der Waals surface area contributed by atoms with Gasteiger partial charge in [0, 0.05) is 50.8 Å². The Morgan fingerprint density at radius 1 is 0.444 bits per heavy atom. The zero-order valence-electron chi connectivity index (χ0n) is 48.5. The highest BCUT2D eigenvalue weighted by Crippen LogP contribution is 2.65. The minimum absolute atomic E-state index is 0.0572. The van der Waals surface area contributed by atoms with Gasteiger partial charge in [0.15, 0.2) is 0 Å². The van der Waals surface area contributed by atoms with Crippen molar-refractivity contribution in [1.82, 2.24) is 0 Å². The highest BCUT2D eigenvalue weighted by atomic mass is 15.3. The van der Waals surface area contributed by atoms with E-state index in [2.05, 4.69) is 289 Å². The highest BCUT2D eigenvalue weighted by molar-refractivity contribution is 7.00. The predicted molar refractivity (Wildman–Crippen MR) is 344 cm³/mol. The van der Waals surface area contributed by atoms with Gasteiger partial charge < -0.3 is 14.7 Å². The molecule has 3 aliphatic heterocycles. The van der Waals surface area contributed by atoms with E-state index >= 15 is 0 Å². The molecule has 0 aromatic heterocycles. The normalized spacial score (nSPS) is 18.8. The lowest BCUT2D eigenvalue weighted by atomic mass is 9.33. The summed E-state index contributed by atoms with van der Waals surface area (Å²) in [7, 11) is 0. The van der Waals surface area contributed by atoms with Crippen LogP contribution in [0.2, 0.25) is 0 Å². The Bertz CT molecular complexity index is 4210. The molecule has 4 heteroatoms. The second-order valence-corrected chi connectivity index (χ2v) is 26.5. The van der Waals surface area contributed by atoms with Crippen LogP contribution >= 0.6 is 0 Å². The van der Waals surface area contributed by atoms with Gasteiger partial charge in [-0.15, -0.1) is 0 Å². The Morgan fingerprint density at radius 3 is 1.77 bits per heavy atom. The summed E-state index contributed by atoms with van der Waals surface area (Å²) < 4.78 is 0. The minimum Gasteiger partial charge on any atom is -0.330 e. The first kappa shape index (κ1) is 49.7. The molecule has 3 heterocycles. The smallest absolute Gasteiger partial charge is 0.252 e. The third-order valence-electron chi connectivity index (χ3n) is 19.7. The molecule has 0 spiro atoms. The van der Waals surface area contributed by atoms with Crippen molar-refractivity contribution in [3.05, 3.63) is 257 Å². The summed E-state index contributed by atoms with van der Waals surface area (Å²) in [5, 5.41) is 0. The first-order valence-corrected chi connectivity index (χ1v) is 29.6. The number of hydrogen-bond acceptors (Lipinski definition) is 3. The van der Waals surface area contributed by atoms with Crippen LogP contribution in [0.5, 0.6) is 0 Å². The lowest BCUT2D eigenvalue weighted by Gasteiger charge is -2.52. The van der Waals surface area contributed by atoms with Gasteiger partial charge in [0.2, 0.25) is 0 Å². The minimum atomic E-state index is -0.429. The largest absolute Gasteiger partial charge is 0.330 e. The van der Waals surface area contributed by atoms with Gasteiger partial charge in [-0.25, -0.2) is 0 Å². The molecule has 0 amide bonds. The van der Waals surface area contributed by atoms with Crippen LogP contribution in [0.4, 0.5) is 45.5 Å². The Kier molecular flexibility index (Phi) is 10.9. The molecular weight excluding hydrogens is 978 g/mol. The van der Waals surface area contributed by atoms with E-state index in [0.717, 1.165) is 31.4 Å². The summed E-state index contributed by atoms with van der Waals surface area (Å²) in [4.78, 5) is 8.21. The maximum Gasteiger partial charge on any atom is 0.252 e. The standard InChI is InChI=1S/C77H70BN3/c1-49-38-50(2)73-64(39-49)76(8)37-36-54-28-19-20-31-63(54)77(76,9)81(73)61-45-70-72-71(46-61)80(67-35-33-59(74(3,4)5)44-62(67)53-26-17-12-18-27-53)69-43-58-48-75(6,7)47-57(58)41-66(69)78(72)65-34-32-56(52-24-15-11-16-25-52)42-68(65)79(70)60-30-21-29-55(40-60)51-22-13-10-14-23-51/h10-35,38-46H,36-37,47-48H2,1-9H3. The van der Waals surface area contributed by atoms with Crippen LogP contribution in [0.25, 0.3) is 33.4 Å². The second-order valence-electron chi connectivity index (χ2n) is 26.5. The number of rotatable bonds is 6. The Balaban J connectivity index is 1.11. The van der Waals surface area contributed by atoms with Gasteiger partial charge in [-0.1, -0.05) is 211 Å². The zero-order chi connectivity index (χ0) is 55.3. The number of anilines is 8. The molecule has 10 aromatic rings. The average Bonchev–Trinajstić information content (AvgIpc) is 2.49. The van der Waals surface area contributed by atoms with E-state index < -0.39 is 5.54 Å². The molecule has 0 saturated carbocycles. The molecule has 3 nitrogen and oxygen atoms in total. The lowest BCUT2D eigenvalue weighted by molar-refractivity contribution is 0.245. The highest BCUT2D eigenvalue weighted by Gasteiger charge is 2.61. The summed E-state index contributed by atoms with van der Waals surface area (Å²) in [6, 6.07) is 82.0. The molecule has 81 heavy (non-hydrogen) atoms. The van der Waals surface area contributed by atoms with Gasteiger partial charge in [-0.2, -0.15) is 0 Å². The van der Waals surface area contributed by atoms with Crippen molar-refractivity contribution in [3.8, 4) is 33.4 Å². The Morgan fingerprint density at radius 2 is 1.06 bits per heavy atom. The van der Waals surface area contributed by atoms with Gasteiger partial charge in [0.1, 0.15) is 0 Å². The molecule has 10 aromatic carbocycles. The summed E-state index contributed by atoms with van der Waals surface area (Å²) >= 11 is 0. The molecule has 0 bridgehead atoms. The van der Waals surface area contributed by atoms with Crippen LogP contribution in [0, 0.1) is 19.3 Å². The van der Waals surface area contributed by atoms with Crippen molar-refractivity contribution in [2.75, 3.05) is 14.7 Å². The number of hydrogen-bond donors (Lipinski definition) is 0. The quantitative estimate of drug-likeness (QED) is 0.154. The molecule has 396 valence electrons. The summed E-state index contributed by atoms with van der Waals surface area (Å²) in [6.07, 6.45) is 4.20. The topological polar surface area (TPSA) is 9.72 Å². The average molecular weight is 1050 g/mol. The van der Waals surface area contributed by atoms with Crippen LogP contribution in [0.3, 0.4) is 0 Å². The van der Waals surface area contributed by atoms with Gasteiger partial charge in [0.25, 0.3) is 6.71 Å². The van der Waals surface area contributed by atoms with E-state index in [1.807, 2.05) is 0 Å². The van der Waals surface area contributed by atoms with Crippen molar-refractivity contribution >= 4 is 68.6 Å². The summed E-state index contributed by atoms with van der Waals surface area (Å²) in [5.41, 5.74) is 31.8. The number of aryl methyl sites for hydroxylation is 3. The van der Waals surface area contributed by atoms with Crippen LogP contribution in [0.15, 0.2) is 212 Å². The Hall–Kier alpha value is -8.34. The maximum atomic E-state index is 2.83. The van der Waals surface area contributed by atoms with E-state index in [1.54, 1.807) is 0 Å². The van der Waals surface area contributed by atoms with Gasteiger partial charge in [0.05, 0.1) is 11.2 Å².